The smallest absolute Gasteiger partial charge is 0.337 e. The van der Waals surface area contributed by atoms with Gasteiger partial charge in [0.15, 0.2) is 0 Å². The molecule has 1 aromatic carbocycles. The van der Waals surface area contributed by atoms with Crippen molar-refractivity contribution in [1.82, 2.24) is 0 Å². The van der Waals surface area contributed by atoms with Gasteiger partial charge in [-0.15, -0.1) is 12.3 Å². The van der Waals surface area contributed by atoms with Crippen molar-refractivity contribution in [3.8, 4) is 12.3 Å². The van der Waals surface area contributed by atoms with Crippen LogP contribution in [0.1, 0.15) is 23.7 Å². The summed E-state index contributed by atoms with van der Waals surface area (Å²) in [5, 5.41) is 11.6. The zero-order valence-corrected chi connectivity index (χ0v) is 8.83. The molecule has 0 fully saturated rings. The monoisotopic (exact) mass is 221 g/mol. The summed E-state index contributed by atoms with van der Waals surface area (Å²) in [6.07, 6.45) is 5.52. The fraction of sp³-hybridized carbons (Fsp3) is 0.250. The first-order chi connectivity index (χ1) is 7.56. The zero-order valence-electron chi connectivity index (χ0n) is 8.83. The van der Waals surface area contributed by atoms with Crippen molar-refractivity contribution in [3.63, 3.8) is 0 Å². The third-order valence-corrected chi connectivity index (χ3v) is 2.06. The summed E-state index contributed by atoms with van der Waals surface area (Å²) in [7, 11) is 0. The minimum atomic E-state index is -1.17. The van der Waals surface area contributed by atoms with Crippen molar-refractivity contribution in [1.29, 1.82) is 0 Å². The molecule has 84 valence electrons. The van der Waals surface area contributed by atoms with Gasteiger partial charge in [0, 0.05) is 12.5 Å². The lowest BCUT2D eigenvalue weighted by Crippen LogP contribution is -2.17. The van der Waals surface area contributed by atoms with Gasteiger partial charge in [0.25, 0.3) is 0 Å². The van der Waals surface area contributed by atoms with Gasteiger partial charge >= 0.3 is 5.97 Å². The predicted octanol–water partition coefficient (Wildman–Crippen LogP) is 2.35. The van der Waals surface area contributed by atoms with Crippen LogP contribution < -0.4 is 5.32 Å². The molecule has 0 aromatic heterocycles. The Morgan fingerprint density at radius 1 is 1.69 bits per heavy atom. The lowest BCUT2D eigenvalue weighted by Gasteiger charge is -2.15. The van der Waals surface area contributed by atoms with Crippen molar-refractivity contribution in [3.05, 3.63) is 29.6 Å². The van der Waals surface area contributed by atoms with E-state index in [0.717, 1.165) is 0 Å². The Labute approximate surface area is 93.3 Å². The quantitative estimate of drug-likeness (QED) is 0.767. The molecule has 0 saturated heterocycles. The number of rotatable bonds is 4. The van der Waals surface area contributed by atoms with Crippen LogP contribution in [0.3, 0.4) is 0 Å². The molecule has 16 heavy (non-hydrogen) atoms. The van der Waals surface area contributed by atoms with Crippen LogP contribution in [0.2, 0.25) is 0 Å². The van der Waals surface area contributed by atoms with E-state index in [9.17, 15) is 9.18 Å². The highest BCUT2D eigenvalue weighted by atomic mass is 19.1. The van der Waals surface area contributed by atoms with Gasteiger partial charge in [-0.25, -0.2) is 9.18 Å². The predicted molar refractivity (Wildman–Crippen MR) is 59.9 cm³/mol. The standard InChI is InChI=1S/C12H12FNO2/c1-3-5-8(2)14-11-9(12(15)16)6-4-7-10(11)13/h1,4,6-8,14H,5H2,2H3,(H,15,16). The molecule has 0 spiro atoms. The van der Waals surface area contributed by atoms with Crippen LogP contribution in [0.5, 0.6) is 0 Å². The van der Waals surface area contributed by atoms with E-state index in [0.29, 0.717) is 6.42 Å². The number of aromatic carboxylic acids is 1. The molecule has 0 heterocycles. The molecule has 3 nitrogen and oxygen atoms in total. The average Bonchev–Trinajstić information content (AvgIpc) is 2.21. The van der Waals surface area contributed by atoms with E-state index < -0.39 is 11.8 Å². The minimum Gasteiger partial charge on any atom is -0.478 e. The van der Waals surface area contributed by atoms with Gasteiger partial charge in [0.05, 0.1) is 11.3 Å². The highest BCUT2D eigenvalue weighted by Crippen LogP contribution is 2.21. The molecule has 0 radical (unpaired) electrons. The number of hydrogen-bond acceptors (Lipinski definition) is 2. The molecule has 1 atom stereocenters. The Kier molecular flexibility index (Phi) is 3.90. The van der Waals surface area contributed by atoms with Crippen LogP contribution in [-0.4, -0.2) is 17.1 Å². The van der Waals surface area contributed by atoms with Crippen LogP contribution in [0, 0.1) is 18.2 Å². The molecule has 1 rings (SSSR count). The Hall–Kier alpha value is -2.02. The number of nitrogens with one attached hydrogen (secondary N) is 1. The largest absolute Gasteiger partial charge is 0.478 e. The van der Waals surface area contributed by atoms with Gasteiger partial charge in [-0.1, -0.05) is 6.07 Å². The summed E-state index contributed by atoms with van der Waals surface area (Å²) in [5.74, 6) is 0.658. The second-order valence-electron chi connectivity index (χ2n) is 3.42. The molecule has 0 bridgehead atoms. The first kappa shape index (κ1) is 12.1. The molecular weight excluding hydrogens is 209 g/mol. The number of benzene rings is 1. The van der Waals surface area contributed by atoms with Crippen LogP contribution in [0.25, 0.3) is 0 Å². The summed E-state index contributed by atoms with van der Waals surface area (Å²) in [5.41, 5.74) is -0.110. The number of carboxylic acid groups (broad SMARTS) is 1. The van der Waals surface area contributed by atoms with Gasteiger partial charge in [-0.2, -0.15) is 0 Å². The van der Waals surface area contributed by atoms with Gasteiger partial charge in [0.2, 0.25) is 0 Å². The van der Waals surface area contributed by atoms with E-state index >= 15 is 0 Å². The summed E-state index contributed by atoms with van der Waals surface area (Å²) in [6.45, 7) is 1.76. The Bertz CT molecular complexity index is 437. The third kappa shape index (κ3) is 2.74. The molecule has 0 aliphatic rings. The molecule has 0 aliphatic carbocycles. The maximum atomic E-state index is 13.4. The maximum Gasteiger partial charge on any atom is 0.337 e. The first-order valence-electron chi connectivity index (χ1n) is 4.78. The van der Waals surface area contributed by atoms with E-state index in [1.54, 1.807) is 6.92 Å². The van der Waals surface area contributed by atoms with Crippen LogP contribution in [0.15, 0.2) is 18.2 Å². The van der Waals surface area contributed by atoms with Gasteiger partial charge in [-0.05, 0) is 19.1 Å². The highest BCUT2D eigenvalue weighted by molar-refractivity contribution is 5.94. The Morgan fingerprint density at radius 2 is 2.38 bits per heavy atom. The average molecular weight is 221 g/mol. The SMILES string of the molecule is C#CCC(C)Nc1c(F)cccc1C(=O)O. The Morgan fingerprint density at radius 3 is 2.94 bits per heavy atom. The lowest BCUT2D eigenvalue weighted by molar-refractivity contribution is 0.0697. The van der Waals surface area contributed by atoms with Crippen LogP contribution >= 0.6 is 0 Å². The third-order valence-electron chi connectivity index (χ3n) is 2.06. The zero-order chi connectivity index (χ0) is 12.1. The molecule has 4 heteroatoms. The van der Waals surface area contributed by atoms with Crippen molar-refractivity contribution in [2.45, 2.75) is 19.4 Å². The van der Waals surface area contributed by atoms with E-state index in [1.165, 1.54) is 18.2 Å². The number of halogens is 1. The summed E-state index contributed by atoms with van der Waals surface area (Å²) >= 11 is 0. The number of carboxylic acids is 1. The van der Waals surface area contributed by atoms with Crippen molar-refractivity contribution in [2.75, 3.05) is 5.32 Å². The first-order valence-corrected chi connectivity index (χ1v) is 4.78. The van der Waals surface area contributed by atoms with E-state index in [1.807, 2.05) is 0 Å². The Balaban J connectivity index is 3.02. The van der Waals surface area contributed by atoms with Crippen molar-refractivity contribution >= 4 is 11.7 Å². The molecule has 1 aromatic rings. The van der Waals surface area contributed by atoms with E-state index in [4.69, 9.17) is 11.5 Å². The number of para-hydroxylation sites is 1. The number of anilines is 1. The molecule has 0 saturated carbocycles. The van der Waals surface area contributed by atoms with E-state index in [-0.39, 0.29) is 17.3 Å². The summed E-state index contributed by atoms with van der Waals surface area (Å²) < 4.78 is 13.4. The second kappa shape index (κ2) is 5.17. The van der Waals surface area contributed by atoms with E-state index in [2.05, 4.69) is 11.2 Å². The summed E-state index contributed by atoms with van der Waals surface area (Å²) in [6, 6.07) is 3.73. The highest BCUT2D eigenvalue weighted by Gasteiger charge is 2.15. The number of carbonyl (C=O) groups is 1. The van der Waals surface area contributed by atoms with Gasteiger partial charge < -0.3 is 10.4 Å². The number of hydrogen-bond donors (Lipinski definition) is 2. The lowest BCUT2D eigenvalue weighted by atomic mass is 10.1. The number of terminal acetylenes is 1. The normalized spacial score (nSPS) is 11.6. The topological polar surface area (TPSA) is 49.3 Å². The molecular formula is C12H12FNO2. The fourth-order valence-electron chi connectivity index (χ4n) is 1.32. The van der Waals surface area contributed by atoms with Gasteiger partial charge in [-0.3, -0.25) is 0 Å². The van der Waals surface area contributed by atoms with Crippen LogP contribution in [0.4, 0.5) is 10.1 Å². The molecule has 2 N–H and O–H groups in total. The minimum absolute atomic E-state index is 0.0160. The second-order valence-corrected chi connectivity index (χ2v) is 3.42. The molecule has 0 aliphatic heterocycles. The van der Waals surface area contributed by atoms with Crippen LogP contribution in [-0.2, 0) is 0 Å². The van der Waals surface area contributed by atoms with Crippen molar-refractivity contribution < 1.29 is 14.3 Å². The maximum absolute atomic E-state index is 13.4. The summed E-state index contributed by atoms with van der Waals surface area (Å²) in [4.78, 5) is 10.9. The van der Waals surface area contributed by atoms with Crippen molar-refractivity contribution in [2.24, 2.45) is 0 Å². The molecule has 1 unspecified atom stereocenters. The molecule has 0 amide bonds. The fourth-order valence-corrected chi connectivity index (χ4v) is 1.32. The van der Waals surface area contributed by atoms with Gasteiger partial charge in [0.1, 0.15) is 5.82 Å².